The van der Waals surface area contributed by atoms with Crippen molar-refractivity contribution in [3.05, 3.63) is 34.7 Å². The highest BCUT2D eigenvalue weighted by Crippen LogP contribution is 1.92. The van der Waals surface area contributed by atoms with E-state index in [4.69, 9.17) is 17.3 Å². The van der Waals surface area contributed by atoms with Crippen molar-refractivity contribution in [1.82, 2.24) is 0 Å². The lowest BCUT2D eigenvalue weighted by atomic mass is 10.2. The topological polar surface area (TPSA) is 26.0 Å². The van der Waals surface area contributed by atoms with Crippen LogP contribution in [0.15, 0.2) is 24.3 Å². The highest BCUT2D eigenvalue weighted by Gasteiger charge is 1.88. The Morgan fingerprint density at radius 3 is 2.42 bits per heavy atom. The second-order valence-corrected chi connectivity index (χ2v) is 3.33. The molecule has 1 rings (SSSR count). The second-order valence-electron chi connectivity index (χ2n) is 2.64. The highest BCUT2D eigenvalue weighted by molar-refractivity contribution is 6.23. The summed E-state index contributed by atoms with van der Waals surface area (Å²) in [4.78, 5) is 0. The average Bonchev–Trinajstić information content (AvgIpc) is 2.04. The van der Waals surface area contributed by atoms with Gasteiger partial charge in [-0.25, -0.2) is 0 Å². The standard InChI is InChI=1S/C10H12ClN/c1-8(11)6-9-4-2-3-5-10(9)7-12/h2-8H,12H2,1H3/b9-6-,10-7-. The van der Waals surface area contributed by atoms with E-state index in [9.17, 15) is 0 Å². The smallest absolute Gasteiger partial charge is 0.0496 e. The average molecular weight is 182 g/mol. The molecule has 0 heterocycles. The van der Waals surface area contributed by atoms with Gasteiger partial charge in [-0.2, -0.15) is 0 Å². The number of rotatable bonds is 1. The van der Waals surface area contributed by atoms with E-state index in [1.54, 1.807) is 6.20 Å². The van der Waals surface area contributed by atoms with E-state index in [0.717, 1.165) is 10.4 Å². The predicted molar refractivity (Wildman–Crippen MR) is 54.1 cm³/mol. The summed E-state index contributed by atoms with van der Waals surface area (Å²) in [7, 11) is 0. The molecule has 1 aromatic rings. The van der Waals surface area contributed by atoms with E-state index in [2.05, 4.69) is 0 Å². The van der Waals surface area contributed by atoms with Gasteiger partial charge >= 0.3 is 0 Å². The van der Waals surface area contributed by atoms with Gasteiger partial charge in [0, 0.05) is 11.6 Å². The molecule has 0 radical (unpaired) electrons. The molecule has 0 aliphatic heterocycles. The number of alkyl halides is 1. The fraction of sp³-hybridized carbons (Fsp3) is 0.200. The Kier molecular flexibility index (Phi) is 3.18. The molecule has 1 unspecified atom stereocenters. The number of hydrogen-bond acceptors (Lipinski definition) is 1. The van der Waals surface area contributed by atoms with E-state index >= 15 is 0 Å². The van der Waals surface area contributed by atoms with E-state index in [-0.39, 0.29) is 5.38 Å². The Bertz CT molecular complexity index is 354. The minimum Gasteiger partial charge on any atom is -0.404 e. The molecular formula is C10H12ClN. The van der Waals surface area contributed by atoms with Crippen molar-refractivity contribution in [2.45, 2.75) is 12.3 Å². The summed E-state index contributed by atoms with van der Waals surface area (Å²) in [6, 6.07) is 7.88. The van der Waals surface area contributed by atoms with Crippen molar-refractivity contribution in [3.8, 4) is 0 Å². The van der Waals surface area contributed by atoms with Gasteiger partial charge in [-0.15, -0.1) is 11.6 Å². The normalized spacial score (nSPS) is 16.5. The molecule has 0 amide bonds. The van der Waals surface area contributed by atoms with E-state index in [0.29, 0.717) is 0 Å². The molecule has 1 nitrogen and oxygen atoms in total. The maximum atomic E-state index is 5.83. The molecule has 0 saturated carbocycles. The second kappa shape index (κ2) is 4.17. The molecule has 2 heteroatoms. The van der Waals surface area contributed by atoms with Crippen LogP contribution in [0.25, 0.3) is 12.3 Å². The van der Waals surface area contributed by atoms with Crippen LogP contribution >= 0.6 is 11.6 Å². The largest absolute Gasteiger partial charge is 0.404 e. The van der Waals surface area contributed by atoms with E-state index < -0.39 is 0 Å². The zero-order chi connectivity index (χ0) is 8.97. The summed E-state index contributed by atoms with van der Waals surface area (Å²) in [6.07, 6.45) is 3.56. The summed E-state index contributed by atoms with van der Waals surface area (Å²) < 4.78 is 0. The molecule has 0 aromatic heterocycles. The summed E-state index contributed by atoms with van der Waals surface area (Å²) in [5, 5.41) is 2.14. The Morgan fingerprint density at radius 1 is 1.33 bits per heavy atom. The van der Waals surface area contributed by atoms with Gasteiger partial charge in [-0.05, 0) is 17.4 Å². The lowest BCUT2D eigenvalue weighted by Gasteiger charge is -1.92. The van der Waals surface area contributed by atoms with Crippen molar-refractivity contribution in [2.24, 2.45) is 5.73 Å². The molecule has 0 saturated heterocycles. The molecule has 1 atom stereocenters. The monoisotopic (exact) mass is 181 g/mol. The zero-order valence-electron chi connectivity index (χ0n) is 7.00. The Morgan fingerprint density at radius 2 is 1.92 bits per heavy atom. The first-order valence-electron chi connectivity index (χ1n) is 3.87. The van der Waals surface area contributed by atoms with Gasteiger partial charge in [0.25, 0.3) is 0 Å². The lowest BCUT2D eigenvalue weighted by molar-refractivity contribution is 1.28. The highest BCUT2D eigenvalue weighted by atomic mass is 35.5. The maximum absolute atomic E-state index is 5.83. The number of benzene rings is 1. The summed E-state index contributed by atoms with van der Waals surface area (Å²) in [5.41, 5.74) is 5.44. The molecule has 0 aliphatic rings. The first kappa shape index (κ1) is 9.14. The molecule has 1 aromatic carbocycles. The number of hydrogen-bond donors (Lipinski definition) is 1. The Labute approximate surface area is 77.2 Å². The summed E-state index contributed by atoms with van der Waals surface area (Å²) in [5.74, 6) is 0. The van der Waals surface area contributed by atoms with Crippen molar-refractivity contribution < 1.29 is 0 Å². The van der Waals surface area contributed by atoms with Crippen molar-refractivity contribution in [2.75, 3.05) is 0 Å². The fourth-order valence-electron chi connectivity index (χ4n) is 1.06. The van der Waals surface area contributed by atoms with Crippen LogP contribution in [0.3, 0.4) is 0 Å². The van der Waals surface area contributed by atoms with Gasteiger partial charge in [-0.1, -0.05) is 30.3 Å². The van der Waals surface area contributed by atoms with Crippen LogP contribution in [0.2, 0.25) is 0 Å². The van der Waals surface area contributed by atoms with Crippen LogP contribution < -0.4 is 16.2 Å². The van der Waals surface area contributed by atoms with Gasteiger partial charge in [0.05, 0.1) is 0 Å². The Hall–Kier alpha value is -0.950. The van der Waals surface area contributed by atoms with Crippen molar-refractivity contribution in [1.29, 1.82) is 0 Å². The van der Waals surface area contributed by atoms with Crippen LogP contribution in [0.5, 0.6) is 0 Å². The third kappa shape index (κ3) is 2.28. The van der Waals surface area contributed by atoms with Crippen molar-refractivity contribution >= 4 is 23.9 Å². The third-order valence-electron chi connectivity index (χ3n) is 1.58. The van der Waals surface area contributed by atoms with Crippen LogP contribution in [0.4, 0.5) is 0 Å². The first-order chi connectivity index (χ1) is 5.74. The van der Waals surface area contributed by atoms with E-state index in [1.807, 2.05) is 37.3 Å². The lowest BCUT2D eigenvalue weighted by Crippen LogP contribution is -2.26. The third-order valence-corrected chi connectivity index (χ3v) is 1.71. The molecule has 0 bridgehead atoms. The molecule has 0 fully saturated rings. The summed E-state index contributed by atoms with van der Waals surface area (Å²) >= 11 is 5.83. The molecule has 12 heavy (non-hydrogen) atoms. The van der Waals surface area contributed by atoms with Gasteiger partial charge in [0.15, 0.2) is 0 Å². The van der Waals surface area contributed by atoms with Gasteiger partial charge in [0.2, 0.25) is 0 Å². The fourth-order valence-corrected chi connectivity index (χ4v) is 1.20. The van der Waals surface area contributed by atoms with Crippen LogP contribution in [0, 0.1) is 0 Å². The first-order valence-corrected chi connectivity index (χ1v) is 4.30. The maximum Gasteiger partial charge on any atom is 0.0496 e. The predicted octanol–water partition coefficient (Wildman–Crippen LogP) is 0.791. The minimum atomic E-state index is 0.0334. The van der Waals surface area contributed by atoms with E-state index in [1.165, 1.54) is 0 Å². The SMILES string of the molecule is CC(Cl)/C=c1/cccc/c1=C/N. The minimum absolute atomic E-state index is 0.0334. The molecule has 2 N–H and O–H groups in total. The Balaban J connectivity index is 3.34. The van der Waals surface area contributed by atoms with Crippen LogP contribution in [-0.4, -0.2) is 5.38 Å². The van der Waals surface area contributed by atoms with Gasteiger partial charge in [-0.3, -0.25) is 0 Å². The van der Waals surface area contributed by atoms with Crippen molar-refractivity contribution in [3.63, 3.8) is 0 Å². The van der Waals surface area contributed by atoms with Crippen LogP contribution in [-0.2, 0) is 0 Å². The number of halogens is 1. The number of nitrogens with two attached hydrogens (primary N) is 1. The molecule has 64 valence electrons. The quantitative estimate of drug-likeness (QED) is 0.638. The molecule has 0 aliphatic carbocycles. The molecular weight excluding hydrogens is 170 g/mol. The van der Waals surface area contributed by atoms with Crippen LogP contribution in [0.1, 0.15) is 6.92 Å². The zero-order valence-corrected chi connectivity index (χ0v) is 7.75. The molecule has 0 spiro atoms. The van der Waals surface area contributed by atoms with Gasteiger partial charge < -0.3 is 5.73 Å². The summed E-state index contributed by atoms with van der Waals surface area (Å²) in [6.45, 7) is 1.93. The van der Waals surface area contributed by atoms with Gasteiger partial charge in [0.1, 0.15) is 0 Å².